The molecule has 0 aliphatic carbocycles. The summed E-state index contributed by atoms with van der Waals surface area (Å²) in [6, 6.07) is 12.0. The lowest BCUT2D eigenvalue weighted by Crippen LogP contribution is -2.26. The Bertz CT molecular complexity index is 1430. The molecule has 1 amide bonds. The number of hydrogen-bond acceptors (Lipinski definition) is 6. The minimum atomic E-state index is -0.562. The van der Waals surface area contributed by atoms with Crippen LogP contribution in [0.5, 0.6) is 23.1 Å². The largest absolute Gasteiger partial charge is 0.494 e. The number of likely N-dealkylation sites (tertiary alicyclic amines) is 1. The predicted molar refractivity (Wildman–Crippen MR) is 132 cm³/mol. The zero-order valence-electron chi connectivity index (χ0n) is 20.0. The van der Waals surface area contributed by atoms with Crippen molar-refractivity contribution in [1.29, 1.82) is 0 Å². The van der Waals surface area contributed by atoms with Crippen LogP contribution < -0.4 is 14.2 Å². The van der Waals surface area contributed by atoms with E-state index in [0.29, 0.717) is 24.7 Å². The summed E-state index contributed by atoms with van der Waals surface area (Å²) in [5.41, 5.74) is 2.35. The molecule has 0 N–H and O–H groups in total. The van der Waals surface area contributed by atoms with Gasteiger partial charge in [0.25, 0.3) is 0 Å². The molecule has 0 bridgehead atoms. The highest BCUT2D eigenvalue weighted by molar-refractivity contribution is 5.87. The van der Waals surface area contributed by atoms with E-state index < -0.39 is 5.82 Å². The van der Waals surface area contributed by atoms with Crippen LogP contribution in [0.3, 0.4) is 0 Å². The number of rotatable bonds is 7. The molecule has 4 aromatic rings. The fraction of sp³-hybridized carbons (Fsp3) is 0.222. The number of carbonyl (C=O) groups excluding carboxylic acids is 1. The smallest absolute Gasteiger partial charge is 0.245 e. The van der Waals surface area contributed by atoms with Crippen LogP contribution in [0.1, 0.15) is 18.2 Å². The highest BCUT2D eigenvalue weighted by Crippen LogP contribution is 2.36. The van der Waals surface area contributed by atoms with E-state index in [2.05, 4.69) is 11.6 Å². The predicted octanol–water partition coefficient (Wildman–Crippen LogP) is 4.85. The lowest BCUT2D eigenvalue weighted by molar-refractivity contribution is -0.125. The van der Waals surface area contributed by atoms with E-state index in [1.165, 1.54) is 19.3 Å². The number of amides is 1. The van der Waals surface area contributed by atoms with E-state index in [0.717, 1.165) is 29.0 Å². The van der Waals surface area contributed by atoms with Crippen LogP contribution in [0, 0.1) is 5.82 Å². The summed E-state index contributed by atoms with van der Waals surface area (Å²) in [5.74, 6) is 1.40. The quantitative estimate of drug-likeness (QED) is 0.346. The Kier molecular flexibility index (Phi) is 6.28. The van der Waals surface area contributed by atoms with Crippen LogP contribution in [0.4, 0.5) is 4.39 Å². The highest BCUT2D eigenvalue weighted by atomic mass is 19.1. The molecule has 0 unspecified atom stereocenters. The minimum absolute atomic E-state index is 0.0325. The van der Waals surface area contributed by atoms with Crippen LogP contribution in [0.25, 0.3) is 16.8 Å². The fourth-order valence-corrected chi connectivity index (χ4v) is 4.50. The monoisotopic (exact) mass is 488 g/mol. The van der Waals surface area contributed by atoms with Crippen molar-refractivity contribution < 1.29 is 23.4 Å². The molecule has 0 saturated carbocycles. The number of nitrogens with zero attached hydrogens (tertiary/aromatic N) is 4. The van der Waals surface area contributed by atoms with Gasteiger partial charge in [-0.3, -0.25) is 14.2 Å². The summed E-state index contributed by atoms with van der Waals surface area (Å²) >= 11 is 0. The molecule has 184 valence electrons. The van der Waals surface area contributed by atoms with Crippen molar-refractivity contribution in [3.8, 4) is 34.4 Å². The maximum Gasteiger partial charge on any atom is 0.245 e. The third-order valence-electron chi connectivity index (χ3n) is 6.29. The van der Waals surface area contributed by atoms with Gasteiger partial charge in [-0.05, 0) is 48.9 Å². The molecule has 1 saturated heterocycles. The third-order valence-corrected chi connectivity index (χ3v) is 6.29. The summed E-state index contributed by atoms with van der Waals surface area (Å²) in [4.78, 5) is 23.2. The van der Waals surface area contributed by atoms with Gasteiger partial charge < -0.3 is 19.1 Å². The van der Waals surface area contributed by atoms with E-state index in [1.807, 2.05) is 16.5 Å². The van der Waals surface area contributed by atoms with Gasteiger partial charge in [0.15, 0.2) is 11.5 Å². The lowest BCUT2D eigenvalue weighted by atomic mass is 10.1. The molecular weight excluding hydrogens is 463 g/mol. The molecule has 0 radical (unpaired) electrons. The highest BCUT2D eigenvalue weighted by Gasteiger charge is 2.31. The summed E-state index contributed by atoms with van der Waals surface area (Å²) in [6.07, 6.45) is 5.50. The van der Waals surface area contributed by atoms with E-state index in [1.54, 1.807) is 48.7 Å². The van der Waals surface area contributed by atoms with Crippen LogP contribution in [-0.2, 0) is 4.79 Å². The Morgan fingerprint density at radius 2 is 1.89 bits per heavy atom. The number of benzene rings is 2. The Morgan fingerprint density at radius 1 is 1.11 bits per heavy atom. The topological polar surface area (TPSA) is 78.2 Å². The summed E-state index contributed by atoms with van der Waals surface area (Å²) in [6.45, 7) is 4.78. The summed E-state index contributed by atoms with van der Waals surface area (Å²) in [7, 11) is 3.00. The number of hydrogen-bond donors (Lipinski definition) is 0. The van der Waals surface area contributed by atoms with Gasteiger partial charge in [-0.25, -0.2) is 4.98 Å². The second kappa shape index (κ2) is 9.69. The molecule has 2 aromatic carbocycles. The van der Waals surface area contributed by atoms with Crippen molar-refractivity contribution in [3.63, 3.8) is 0 Å². The summed E-state index contributed by atoms with van der Waals surface area (Å²) in [5, 5.41) is 0. The van der Waals surface area contributed by atoms with Crippen LogP contribution in [-0.4, -0.2) is 52.5 Å². The third kappa shape index (κ3) is 4.13. The molecule has 0 spiro atoms. The van der Waals surface area contributed by atoms with Gasteiger partial charge in [0.2, 0.25) is 17.6 Å². The average Bonchev–Trinajstić information content (AvgIpc) is 3.55. The summed E-state index contributed by atoms with van der Waals surface area (Å²) < 4.78 is 32.8. The second-order valence-corrected chi connectivity index (χ2v) is 8.36. The average molecular weight is 489 g/mol. The molecule has 1 atom stereocenters. The lowest BCUT2D eigenvalue weighted by Gasteiger charge is -2.14. The fourth-order valence-electron chi connectivity index (χ4n) is 4.50. The van der Waals surface area contributed by atoms with Gasteiger partial charge in [0.1, 0.15) is 11.6 Å². The van der Waals surface area contributed by atoms with Crippen molar-refractivity contribution in [3.05, 3.63) is 79.2 Å². The Hall–Kier alpha value is -4.40. The minimum Gasteiger partial charge on any atom is -0.494 e. The van der Waals surface area contributed by atoms with Gasteiger partial charge in [0.05, 0.1) is 37.8 Å². The SMILES string of the molecule is C=CC(=O)N1CC[C@@H](c2nc(-c3ccc(Oc4cccc(OC)c4F)cc3)c3cncc(OC)n23)C1. The Labute approximate surface area is 207 Å². The molecule has 36 heavy (non-hydrogen) atoms. The maximum atomic E-state index is 14.5. The van der Waals surface area contributed by atoms with Crippen LogP contribution in [0.2, 0.25) is 0 Å². The van der Waals surface area contributed by atoms with E-state index >= 15 is 0 Å². The molecule has 3 heterocycles. The van der Waals surface area contributed by atoms with E-state index in [-0.39, 0.29) is 23.3 Å². The van der Waals surface area contributed by atoms with Gasteiger partial charge in [-0.2, -0.15) is 4.39 Å². The molecular formula is C27H25FN4O4. The number of imidazole rings is 1. The van der Waals surface area contributed by atoms with E-state index in [4.69, 9.17) is 19.2 Å². The Balaban J connectivity index is 1.49. The molecule has 8 nitrogen and oxygen atoms in total. The molecule has 2 aromatic heterocycles. The second-order valence-electron chi connectivity index (χ2n) is 8.36. The standard InChI is InChI=1S/C27H25FN4O4/c1-4-23(33)31-13-12-18(16-31)27-30-26(20-14-29-15-24(35-3)32(20)27)17-8-10-19(11-9-17)36-22-7-5-6-21(34-2)25(22)28/h4-11,14-15,18H,1,12-13,16H2,2-3H3/t18-/m1/s1. The zero-order valence-corrected chi connectivity index (χ0v) is 20.0. The molecule has 1 aliphatic heterocycles. The van der Waals surface area contributed by atoms with Gasteiger partial charge in [0, 0.05) is 24.6 Å². The van der Waals surface area contributed by atoms with Crippen molar-refractivity contribution in [2.24, 2.45) is 0 Å². The molecule has 9 heteroatoms. The van der Waals surface area contributed by atoms with Crippen molar-refractivity contribution in [1.82, 2.24) is 19.3 Å². The first-order chi connectivity index (χ1) is 17.5. The molecule has 5 rings (SSSR count). The normalized spacial score (nSPS) is 15.2. The van der Waals surface area contributed by atoms with Gasteiger partial charge in [-0.1, -0.05) is 12.6 Å². The number of fused-ring (bicyclic) bond motifs is 1. The maximum absolute atomic E-state index is 14.5. The Morgan fingerprint density at radius 3 is 2.61 bits per heavy atom. The van der Waals surface area contributed by atoms with Crippen molar-refractivity contribution >= 4 is 11.4 Å². The number of methoxy groups -OCH3 is 2. The first kappa shape index (κ1) is 23.3. The van der Waals surface area contributed by atoms with Crippen LogP contribution >= 0.6 is 0 Å². The number of halogens is 1. The van der Waals surface area contributed by atoms with E-state index in [9.17, 15) is 9.18 Å². The zero-order chi connectivity index (χ0) is 25.2. The number of carbonyl (C=O) groups is 1. The first-order valence-corrected chi connectivity index (χ1v) is 11.5. The first-order valence-electron chi connectivity index (χ1n) is 11.5. The van der Waals surface area contributed by atoms with Gasteiger partial charge >= 0.3 is 0 Å². The molecule has 1 aliphatic rings. The number of aromatic nitrogens is 3. The number of ether oxygens (including phenoxy) is 3. The molecule has 1 fully saturated rings. The van der Waals surface area contributed by atoms with Gasteiger partial charge in [-0.15, -0.1) is 0 Å². The van der Waals surface area contributed by atoms with Crippen molar-refractivity contribution in [2.45, 2.75) is 12.3 Å². The van der Waals surface area contributed by atoms with Crippen molar-refractivity contribution in [2.75, 3.05) is 27.3 Å². The van der Waals surface area contributed by atoms with Crippen LogP contribution in [0.15, 0.2) is 67.5 Å².